The highest BCUT2D eigenvalue weighted by atomic mass is 16.2. The number of carbonyl (C=O) groups is 2. The second-order valence-electron chi connectivity index (χ2n) is 5.51. The molecule has 1 aromatic rings. The number of nitrogens with one attached hydrogen (secondary N) is 1. The predicted octanol–water partition coefficient (Wildman–Crippen LogP) is 2.68. The van der Waals surface area contributed by atoms with Gasteiger partial charge in [-0.25, -0.2) is 0 Å². The van der Waals surface area contributed by atoms with E-state index in [-0.39, 0.29) is 24.5 Å². The maximum Gasteiger partial charge on any atom is 0.221 e. The summed E-state index contributed by atoms with van der Waals surface area (Å²) < 4.78 is 0. The second kappa shape index (κ2) is 6.33. The van der Waals surface area contributed by atoms with E-state index in [0.29, 0.717) is 5.56 Å². The van der Waals surface area contributed by atoms with Gasteiger partial charge in [0.1, 0.15) is 5.54 Å². The minimum absolute atomic E-state index is 0.0574. The van der Waals surface area contributed by atoms with Crippen LogP contribution in [0.5, 0.6) is 0 Å². The van der Waals surface area contributed by atoms with E-state index in [9.17, 15) is 9.59 Å². The van der Waals surface area contributed by atoms with Gasteiger partial charge in [-0.15, -0.1) is 0 Å². The lowest BCUT2D eigenvalue weighted by molar-refractivity contribution is -0.122. The first-order valence-corrected chi connectivity index (χ1v) is 6.58. The van der Waals surface area contributed by atoms with Gasteiger partial charge >= 0.3 is 0 Å². The highest BCUT2D eigenvalue weighted by Crippen LogP contribution is 2.12. The summed E-state index contributed by atoms with van der Waals surface area (Å²) in [4.78, 5) is 23.7. The summed E-state index contributed by atoms with van der Waals surface area (Å²) in [5.41, 5.74) is 1.92. The lowest BCUT2D eigenvalue weighted by Gasteiger charge is -2.17. The first kappa shape index (κ1) is 15.9. The maximum absolute atomic E-state index is 12.0. The fourth-order valence-electron chi connectivity index (χ4n) is 1.73. The molecule has 0 saturated heterocycles. The molecule has 0 saturated carbocycles. The summed E-state index contributed by atoms with van der Waals surface area (Å²) in [5, 5.41) is 11.4. The molecule has 1 rings (SSSR count). The van der Waals surface area contributed by atoms with E-state index in [4.69, 9.17) is 5.26 Å². The minimum Gasteiger partial charge on any atom is -0.338 e. The minimum atomic E-state index is -0.902. The molecule has 1 aromatic carbocycles. The van der Waals surface area contributed by atoms with Crippen molar-refractivity contribution >= 4 is 11.7 Å². The molecule has 0 aliphatic rings. The summed E-state index contributed by atoms with van der Waals surface area (Å²) >= 11 is 0. The van der Waals surface area contributed by atoms with Crippen LogP contribution in [0.1, 0.15) is 48.2 Å². The number of Topliss-reactive ketones (excluding diaryl/α,β-unsaturated/α-hetero) is 1. The Morgan fingerprint density at radius 1 is 1.20 bits per heavy atom. The van der Waals surface area contributed by atoms with Gasteiger partial charge < -0.3 is 5.32 Å². The second-order valence-corrected chi connectivity index (χ2v) is 5.51. The highest BCUT2D eigenvalue weighted by Gasteiger charge is 2.19. The maximum atomic E-state index is 12.0. The third kappa shape index (κ3) is 4.51. The van der Waals surface area contributed by atoms with Gasteiger partial charge in [-0.3, -0.25) is 9.59 Å². The molecule has 20 heavy (non-hydrogen) atoms. The molecule has 106 valence electrons. The summed E-state index contributed by atoms with van der Waals surface area (Å²) in [6, 6.07) is 7.51. The van der Waals surface area contributed by atoms with Gasteiger partial charge in [-0.2, -0.15) is 5.26 Å². The Kier molecular flexibility index (Phi) is 5.04. The average molecular weight is 272 g/mol. The van der Waals surface area contributed by atoms with E-state index >= 15 is 0 Å². The van der Waals surface area contributed by atoms with Crippen molar-refractivity contribution < 1.29 is 9.59 Å². The Labute approximate surface area is 119 Å². The van der Waals surface area contributed by atoms with Gasteiger partial charge in [0.25, 0.3) is 0 Å². The monoisotopic (exact) mass is 272 g/mol. The molecule has 0 atom stereocenters. The fraction of sp³-hybridized carbons (Fsp3) is 0.438. The summed E-state index contributed by atoms with van der Waals surface area (Å²) in [5.74, 6) is -0.341. The molecule has 1 N–H and O–H groups in total. The lowest BCUT2D eigenvalue weighted by Crippen LogP contribution is -2.42. The van der Waals surface area contributed by atoms with Gasteiger partial charge in [-0.05, 0) is 44.9 Å². The van der Waals surface area contributed by atoms with Crippen molar-refractivity contribution in [3.05, 3.63) is 34.9 Å². The molecular formula is C16H20N2O2. The van der Waals surface area contributed by atoms with Crippen LogP contribution in [0.25, 0.3) is 0 Å². The lowest BCUT2D eigenvalue weighted by atomic mass is 10.0. The van der Waals surface area contributed by atoms with Crippen LogP contribution in [0.2, 0.25) is 0 Å². The van der Waals surface area contributed by atoms with Crippen LogP contribution in [0.15, 0.2) is 18.2 Å². The van der Waals surface area contributed by atoms with Crippen LogP contribution < -0.4 is 5.32 Å². The van der Waals surface area contributed by atoms with Crippen LogP contribution in [0.4, 0.5) is 0 Å². The van der Waals surface area contributed by atoms with E-state index in [1.165, 1.54) is 0 Å². The molecule has 0 bridgehead atoms. The van der Waals surface area contributed by atoms with E-state index in [1.807, 2.05) is 32.0 Å². The molecule has 4 heteroatoms. The molecule has 0 heterocycles. The van der Waals surface area contributed by atoms with Crippen molar-refractivity contribution in [3.8, 4) is 6.07 Å². The molecule has 0 radical (unpaired) electrons. The zero-order valence-corrected chi connectivity index (χ0v) is 12.4. The van der Waals surface area contributed by atoms with Gasteiger partial charge in [0.15, 0.2) is 5.78 Å². The number of nitriles is 1. The van der Waals surface area contributed by atoms with Crippen LogP contribution in [-0.4, -0.2) is 17.2 Å². The Hall–Kier alpha value is -2.15. The van der Waals surface area contributed by atoms with Crippen molar-refractivity contribution in [1.82, 2.24) is 5.32 Å². The summed E-state index contributed by atoms with van der Waals surface area (Å²) in [7, 11) is 0. The quantitative estimate of drug-likeness (QED) is 0.838. The standard InChI is InChI=1S/C16H20N2O2/c1-11-5-6-13(9-12(11)2)14(19)7-8-15(20)18-16(3,4)10-17/h5-6,9H,7-8H2,1-4H3,(H,18,20). The molecule has 4 nitrogen and oxygen atoms in total. The molecule has 0 aliphatic heterocycles. The first-order chi connectivity index (χ1) is 9.25. The predicted molar refractivity (Wildman–Crippen MR) is 77.3 cm³/mol. The number of hydrogen-bond acceptors (Lipinski definition) is 3. The van der Waals surface area contributed by atoms with Crippen LogP contribution in [0.3, 0.4) is 0 Å². The molecule has 0 spiro atoms. The van der Waals surface area contributed by atoms with Crippen molar-refractivity contribution in [3.63, 3.8) is 0 Å². The number of amides is 1. The van der Waals surface area contributed by atoms with E-state index in [1.54, 1.807) is 19.9 Å². The zero-order valence-electron chi connectivity index (χ0n) is 12.4. The number of carbonyl (C=O) groups excluding carboxylic acids is 2. The van der Waals surface area contributed by atoms with E-state index in [2.05, 4.69) is 5.32 Å². The van der Waals surface area contributed by atoms with Gasteiger partial charge in [0, 0.05) is 18.4 Å². The highest BCUT2D eigenvalue weighted by molar-refractivity contribution is 5.98. The zero-order chi connectivity index (χ0) is 15.3. The average Bonchev–Trinajstić information content (AvgIpc) is 2.38. The fourth-order valence-corrected chi connectivity index (χ4v) is 1.73. The summed E-state index contributed by atoms with van der Waals surface area (Å²) in [6.07, 6.45) is 0.243. The Balaban J connectivity index is 2.58. The SMILES string of the molecule is Cc1ccc(C(=O)CCC(=O)NC(C)(C)C#N)cc1C. The molecule has 0 aliphatic carbocycles. The first-order valence-electron chi connectivity index (χ1n) is 6.58. The number of rotatable bonds is 5. The molecule has 1 amide bonds. The van der Waals surface area contributed by atoms with Crippen molar-refractivity contribution in [2.75, 3.05) is 0 Å². The molecular weight excluding hydrogens is 252 g/mol. The van der Waals surface area contributed by atoms with Gasteiger partial charge in [0.2, 0.25) is 5.91 Å². The van der Waals surface area contributed by atoms with E-state index < -0.39 is 5.54 Å². The normalized spacial score (nSPS) is 10.8. The number of benzene rings is 1. The Bertz CT molecular complexity index is 568. The summed E-state index contributed by atoms with van der Waals surface area (Å²) in [6.45, 7) is 7.18. The van der Waals surface area contributed by atoms with Crippen LogP contribution in [0, 0.1) is 25.2 Å². The number of nitrogens with zero attached hydrogens (tertiary/aromatic N) is 1. The molecule has 0 unspecified atom stereocenters. The number of aryl methyl sites for hydroxylation is 2. The third-order valence-corrected chi connectivity index (χ3v) is 3.14. The van der Waals surface area contributed by atoms with Gasteiger partial charge in [0.05, 0.1) is 6.07 Å². The van der Waals surface area contributed by atoms with Crippen LogP contribution >= 0.6 is 0 Å². The third-order valence-electron chi connectivity index (χ3n) is 3.14. The molecule has 0 aromatic heterocycles. The Morgan fingerprint density at radius 2 is 1.85 bits per heavy atom. The molecule has 0 fully saturated rings. The number of hydrogen-bond donors (Lipinski definition) is 1. The van der Waals surface area contributed by atoms with Crippen molar-refractivity contribution in [1.29, 1.82) is 5.26 Å². The van der Waals surface area contributed by atoms with Crippen molar-refractivity contribution in [2.45, 2.75) is 46.1 Å². The Morgan fingerprint density at radius 3 is 2.40 bits per heavy atom. The topological polar surface area (TPSA) is 70.0 Å². The van der Waals surface area contributed by atoms with Gasteiger partial charge in [-0.1, -0.05) is 12.1 Å². The smallest absolute Gasteiger partial charge is 0.221 e. The largest absolute Gasteiger partial charge is 0.338 e. The van der Waals surface area contributed by atoms with E-state index in [0.717, 1.165) is 11.1 Å². The number of ketones is 1. The van der Waals surface area contributed by atoms with Crippen LogP contribution in [-0.2, 0) is 4.79 Å². The van der Waals surface area contributed by atoms with Crippen molar-refractivity contribution in [2.24, 2.45) is 0 Å².